The first-order valence-electron chi connectivity index (χ1n) is 6.59. The molecule has 0 saturated carbocycles. The minimum absolute atomic E-state index is 0.850. The first kappa shape index (κ1) is 14.5. The lowest BCUT2D eigenvalue weighted by Crippen LogP contribution is -1.84. The molecule has 0 unspecified atom stereocenters. The van der Waals surface area contributed by atoms with Gasteiger partial charge in [0.1, 0.15) is 0 Å². The van der Waals surface area contributed by atoms with Gasteiger partial charge < -0.3 is 0 Å². The van der Waals surface area contributed by atoms with Gasteiger partial charge in [0.2, 0.25) is 0 Å². The van der Waals surface area contributed by atoms with Crippen LogP contribution in [-0.2, 0) is 0 Å². The highest BCUT2D eigenvalue weighted by Crippen LogP contribution is 2.06. The Morgan fingerprint density at radius 3 is 2.00 bits per heavy atom. The largest absolute Gasteiger partial charge is 0.0845 e. The smallest absolute Gasteiger partial charge is 0.0348 e. The van der Waals surface area contributed by atoms with Crippen molar-refractivity contribution in [2.45, 2.75) is 65.7 Å². The third-order valence-electron chi connectivity index (χ3n) is 2.51. The Bertz CT molecular complexity index is 163. The molecule has 0 spiro atoms. The van der Waals surface area contributed by atoms with Gasteiger partial charge in [-0.15, -0.1) is 0 Å². The van der Waals surface area contributed by atoms with Crippen molar-refractivity contribution in [3.05, 3.63) is 24.3 Å². The van der Waals surface area contributed by atoms with E-state index in [1.807, 2.05) is 0 Å². The summed E-state index contributed by atoms with van der Waals surface area (Å²) in [4.78, 5) is 0. The highest BCUT2D eigenvalue weighted by molar-refractivity contribution is 5.02. The zero-order chi connectivity index (χ0) is 11.4. The van der Waals surface area contributed by atoms with Crippen LogP contribution in [-0.4, -0.2) is 0 Å². The van der Waals surface area contributed by atoms with Crippen LogP contribution >= 0.6 is 0 Å². The van der Waals surface area contributed by atoms with E-state index >= 15 is 0 Å². The van der Waals surface area contributed by atoms with E-state index in [0.29, 0.717) is 0 Å². The van der Waals surface area contributed by atoms with E-state index in [1.54, 1.807) is 0 Å². The van der Waals surface area contributed by atoms with E-state index in [-0.39, 0.29) is 0 Å². The van der Waals surface area contributed by atoms with Crippen molar-refractivity contribution in [1.82, 2.24) is 0 Å². The van der Waals surface area contributed by atoms with Crippen LogP contribution in [0.5, 0.6) is 0 Å². The van der Waals surface area contributed by atoms with Gasteiger partial charge in [0.25, 0.3) is 0 Å². The second kappa shape index (κ2) is 11.6. The van der Waals surface area contributed by atoms with Crippen LogP contribution in [0.15, 0.2) is 24.3 Å². The summed E-state index contributed by atoms with van der Waals surface area (Å²) in [6.45, 7) is 6.83. The Morgan fingerprint density at radius 2 is 1.47 bits per heavy atom. The Morgan fingerprint density at radius 1 is 0.867 bits per heavy atom. The molecule has 0 heteroatoms. The van der Waals surface area contributed by atoms with Crippen molar-refractivity contribution in [2.24, 2.45) is 5.92 Å². The van der Waals surface area contributed by atoms with Crippen molar-refractivity contribution < 1.29 is 0 Å². The van der Waals surface area contributed by atoms with E-state index in [1.165, 1.54) is 44.9 Å². The van der Waals surface area contributed by atoms with E-state index in [2.05, 4.69) is 45.1 Å². The first-order valence-corrected chi connectivity index (χ1v) is 6.59. The molecule has 0 aliphatic carbocycles. The van der Waals surface area contributed by atoms with Crippen LogP contribution in [0.25, 0.3) is 0 Å². The minimum Gasteiger partial charge on any atom is -0.0845 e. The van der Waals surface area contributed by atoms with Crippen LogP contribution < -0.4 is 0 Å². The lowest BCUT2D eigenvalue weighted by molar-refractivity contribution is 0.560. The van der Waals surface area contributed by atoms with Crippen LogP contribution in [0.2, 0.25) is 0 Å². The van der Waals surface area contributed by atoms with Crippen LogP contribution in [0.4, 0.5) is 0 Å². The van der Waals surface area contributed by atoms with Gasteiger partial charge in [-0.3, -0.25) is 0 Å². The van der Waals surface area contributed by atoms with Gasteiger partial charge in [0, 0.05) is 0 Å². The second-order valence-electron chi connectivity index (χ2n) is 4.68. The summed E-state index contributed by atoms with van der Waals surface area (Å²) in [5.74, 6) is 0.850. The Balaban J connectivity index is 3.22. The van der Waals surface area contributed by atoms with E-state index in [4.69, 9.17) is 0 Å². The standard InChI is InChI=1S/C15H28/c1-4-5-6-7-8-9-10-11-12-13-14-15(2)3/h8-11,15H,4-7,12-14H2,1-3H3. The van der Waals surface area contributed by atoms with Gasteiger partial charge in [0.05, 0.1) is 0 Å². The number of unbranched alkanes of at least 4 members (excludes halogenated alkanes) is 4. The van der Waals surface area contributed by atoms with Crippen LogP contribution in [0.3, 0.4) is 0 Å². The maximum absolute atomic E-state index is 2.29. The normalized spacial score (nSPS) is 12.3. The summed E-state index contributed by atoms with van der Waals surface area (Å²) in [6.07, 6.45) is 18.2. The average molecular weight is 208 g/mol. The van der Waals surface area contributed by atoms with Crippen molar-refractivity contribution >= 4 is 0 Å². The fourth-order valence-electron chi connectivity index (χ4n) is 1.51. The van der Waals surface area contributed by atoms with Gasteiger partial charge in [-0.2, -0.15) is 0 Å². The predicted octanol–water partition coefficient (Wildman–Crippen LogP) is 5.51. The summed E-state index contributed by atoms with van der Waals surface area (Å²) in [5, 5.41) is 0. The topological polar surface area (TPSA) is 0 Å². The number of hydrogen-bond acceptors (Lipinski definition) is 0. The van der Waals surface area contributed by atoms with Crippen LogP contribution in [0, 0.1) is 5.92 Å². The molecular formula is C15H28. The number of allylic oxidation sites excluding steroid dienone is 4. The third-order valence-corrected chi connectivity index (χ3v) is 2.51. The molecule has 0 rings (SSSR count). The van der Waals surface area contributed by atoms with Gasteiger partial charge in [-0.1, -0.05) is 64.3 Å². The predicted molar refractivity (Wildman–Crippen MR) is 71.1 cm³/mol. The monoisotopic (exact) mass is 208 g/mol. The van der Waals surface area contributed by atoms with Gasteiger partial charge in [-0.25, -0.2) is 0 Å². The Kier molecular flexibility index (Phi) is 11.2. The highest BCUT2D eigenvalue weighted by Gasteiger charge is 1.90. The molecule has 0 aromatic rings. The van der Waals surface area contributed by atoms with Crippen molar-refractivity contribution in [1.29, 1.82) is 0 Å². The first-order chi connectivity index (χ1) is 7.27. The molecule has 0 heterocycles. The van der Waals surface area contributed by atoms with Crippen molar-refractivity contribution in [2.75, 3.05) is 0 Å². The summed E-state index contributed by atoms with van der Waals surface area (Å²) in [6, 6.07) is 0. The molecule has 0 saturated heterocycles. The molecule has 15 heavy (non-hydrogen) atoms. The fourth-order valence-corrected chi connectivity index (χ4v) is 1.51. The van der Waals surface area contributed by atoms with Crippen molar-refractivity contribution in [3.63, 3.8) is 0 Å². The third kappa shape index (κ3) is 13.5. The lowest BCUT2D eigenvalue weighted by atomic mass is 10.1. The second-order valence-corrected chi connectivity index (χ2v) is 4.68. The zero-order valence-electron chi connectivity index (χ0n) is 10.8. The van der Waals surface area contributed by atoms with E-state index < -0.39 is 0 Å². The molecular weight excluding hydrogens is 180 g/mol. The Hall–Kier alpha value is -0.520. The molecule has 0 aliphatic rings. The van der Waals surface area contributed by atoms with Gasteiger partial charge in [0.15, 0.2) is 0 Å². The van der Waals surface area contributed by atoms with E-state index in [9.17, 15) is 0 Å². The Labute approximate surface area is 96.5 Å². The SMILES string of the molecule is CCCCCC=CC=CCCCC(C)C. The molecule has 0 radical (unpaired) electrons. The molecule has 0 bridgehead atoms. The number of hydrogen-bond donors (Lipinski definition) is 0. The molecule has 0 nitrogen and oxygen atoms in total. The lowest BCUT2D eigenvalue weighted by Gasteiger charge is -1.99. The van der Waals surface area contributed by atoms with Gasteiger partial charge >= 0.3 is 0 Å². The summed E-state index contributed by atoms with van der Waals surface area (Å²) < 4.78 is 0. The molecule has 88 valence electrons. The maximum Gasteiger partial charge on any atom is -0.0348 e. The quantitative estimate of drug-likeness (QED) is 0.346. The molecule has 0 aromatic carbocycles. The fraction of sp³-hybridized carbons (Fsp3) is 0.733. The molecule has 0 N–H and O–H groups in total. The summed E-state index contributed by atoms with van der Waals surface area (Å²) in [7, 11) is 0. The summed E-state index contributed by atoms with van der Waals surface area (Å²) in [5.41, 5.74) is 0. The van der Waals surface area contributed by atoms with E-state index in [0.717, 1.165) is 5.92 Å². The average Bonchev–Trinajstić information content (AvgIpc) is 2.20. The molecule has 0 atom stereocenters. The minimum atomic E-state index is 0.850. The molecule has 0 aliphatic heterocycles. The van der Waals surface area contributed by atoms with Gasteiger partial charge in [-0.05, 0) is 31.6 Å². The summed E-state index contributed by atoms with van der Waals surface area (Å²) >= 11 is 0. The van der Waals surface area contributed by atoms with Crippen LogP contribution in [0.1, 0.15) is 65.7 Å². The molecule has 0 fully saturated rings. The molecule has 0 aromatic heterocycles. The highest BCUT2D eigenvalue weighted by atomic mass is 14.0. The molecule has 0 amide bonds. The zero-order valence-corrected chi connectivity index (χ0v) is 10.8. The number of rotatable bonds is 9. The van der Waals surface area contributed by atoms with Crippen molar-refractivity contribution in [3.8, 4) is 0 Å². The maximum atomic E-state index is 2.29.